The van der Waals surface area contributed by atoms with Gasteiger partial charge in [0, 0.05) is 11.1 Å². The number of halogens is 2. The van der Waals surface area contributed by atoms with Crippen molar-refractivity contribution in [1.29, 1.82) is 0 Å². The minimum absolute atomic E-state index is 0.293. The Morgan fingerprint density at radius 1 is 1.26 bits per heavy atom. The Morgan fingerprint density at radius 2 is 2.04 bits per heavy atom. The Hall–Kier alpha value is -3.19. The van der Waals surface area contributed by atoms with Crippen molar-refractivity contribution in [2.75, 3.05) is 6.61 Å². The first-order valence-electron chi connectivity index (χ1n) is 7.95. The van der Waals surface area contributed by atoms with Gasteiger partial charge in [-0.25, -0.2) is 9.82 Å². The van der Waals surface area contributed by atoms with Gasteiger partial charge in [0.2, 0.25) is 0 Å². The Kier molecular flexibility index (Phi) is 5.83. The number of aromatic nitrogens is 1. The highest BCUT2D eigenvalue weighted by molar-refractivity contribution is 6.30. The van der Waals surface area contributed by atoms with Crippen molar-refractivity contribution in [2.24, 2.45) is 5.10 Å². The smallest absolute Gasteiger partial charge is 0.277 e. The summed E-state index contributed by atoms with van der Waals surface area (Å²) in [6.45, 7) is 1.45. The lowest BCUT2D eigenvalue weighted by Crippen LogP contribution is -2.25. The average molecular weight is 388 g/mol. The van der Waals surface area contributed by atoms with E-state index in [0.29, 0.717) is 27.8 Å². The van der Waals surface area contributed by atoms with Gasteiger partial charge in [-0.05, 0) is 42.8 Å². The third kappa shape index (κ3) is 4.92. The molecule has 0 atom stereocenters. The van der Waals surface area contributed by atoms with Crippen LogP contribution in [0.2, 0.25) is 5.02 Å². The van der Waals surface area contributed by atoms with Crippen molar-refractivity contribution in [3.8, 4) is 17.1 Å². The fourth-order valence-electron chi connectivity index (χ4n) is 2.25. The molecule has 0 saturated carbocycles. The van der Waals surface area contributed by atoms with Crippen molar-refractivity contribution in [1.82, 2.24) is 10.6 Å². The van der Waals surface area contributed by atoms with Crippen LogP contribution in [0.1, 0.15) is 12.5 Å². The highest BCUT2D eigenvalue weighted by Gasteiger charge is 2.13. The van der Waals surface area contributed by atoms with Crippen molar-refractivity contribution in [3.63, 3.8) is 0 Å². The molecule has 1 heterocycles. The largest absolute Gasteiger partial charge is 0.483 e. The predicted octanol–water partition coefficient (Wildman–Crippen LogP) is 4.05. The lowest BCUT2D eigenvalue weighted by atomic mass is 10.1. The number of amides is 1. The molecule has 138 valence electrons. The van der Waals surface area contributed by atoms with Gasteiger partial charge in [-0.1, -0.05) is 28.9 Å². The number of hydrogen-bond acceptors (Lipinski definition) is 5. The van der Waals surface area contributed by atoms with E-state index < -0.39 is 11.7 Å². The molecule has 0 fully saturated rings. The SMILES string of the molecule is C/C(=N\NC(=O)COc1ccc(F)cc1-c1ccno1)c1ccc(Cl)cc1. The molecule has 0 aliphatic heterocycles. The molecule has 8 heteroatoms. The van der Waals surface area contributed by atoms with E-state index in [0.717, 1.165) is 5.56 Å². The lowest BCUT2D eigenvalue weighted by Gasteiger charge is -2.09. The number of ether oxygens (including phenoxy) is 1. The van der Waals surface area contributed by atoms with E-state index in [1.165, 1.54) is 24.4 Å². The maximum atomic E-state index is 13.5. The summed E-state index contributed by atoms with van der Waals surface area (Å²) < 4.78 is 24.0. The highest BCUT2D eigenvalue weighted by Crippen LogP contribution is 2.30. The maximum Gasteiger partial charge on any atom is 0.277 e. The van der Waals surface area contributed by atoms with Gasteiger partial charge in [0.1, 0.15) is 11.6 Å². The molecule has 3 rings (SSSR count). The zero-order valence-corrected chi connectivity index (χ0v) is 15.0. The Morgan fingerprint density at radius 3 is 2.74 bits per heavy atom. The zero-order chi connectivity index (χ0) is 19.2. The van der Waals surface area contributed by atoms with Crippen LogP contribution in [0.3, 0.4) is 0 Å². The van der Waals surface area contributed by atoms with E-state index in [1.807, 2.05) is 0 Å². The number of nitrogens with zero attached hydrogens (tertiary/aromatic N) is 2. The van der Waals surface area contributed by atoms with Crippen LogP contribution in [0.4, 0.5) is 4.39 Å². The van der Waals surface area contributed by atoms with Gasteiger partial charge in [0.25, 0.3) is 5.91 Å². The second-order valence-corrected chi connectivity index (χ2v) is 5.98. The molecule has 1 aromatic heterocycles. The molecule has 1 amide bonds. The third-order valence-corrected chi connectivity index (χ3v) is 3.87. The molecule has 0 aliphatic carbocycles. The van der Waals surface area contributed by atoms with Gasteiger partial charge < -0.3 is 9.26 Å². The summed E-state index contributed by atoms with van der Waals surface area (Å²) in [4.78, 5) is 12.0. The van der Waals surface area contributed by atoms with Crippen molar-refractivity contribution in [3.05, 3.63) is 71.1 Å². The molecule has 1 N–H and O–H groups in total. The van der Waals surface area contributed by atoms with Crippen LogP contribution in [0.25, 0.3) is 11.3 Å². The van der Waals surface area contributed by atoms with E-state index in [1.54, 1.807) is 37.3 Å². The van der Waals surface area contributed by atoms with E-state index >= 15 is 0 Å². The molecule has 0 aliphatic rings. The number of hydrazone groups is 1. The van der Waals surface area contributed by atoms with Crippen LogP contribution < -0.4 is 10.2 Å². The summed E-state index contributed by atoms with van der Waals surface area (Å²) in [6.07, 6.45) is 1.44. The number of hydrogen-bond donors (Lipinski definition) is 1. The topological polar surface area (TPSA) is 76.7 Å². The van der Waals surface area contributed by atoms with Gasteiger partial charge >= 0.3 is 0 Å². The van der Waals surface area contributed by atoms with Gasteiger partial charge in [-0.2, -0.15) is 5.10 Å². The van der Waals surface area contributed by atoms with Crippen LogP contribution in [0.5, 0.6) is 5.75 Å². The molecule has 6 nitrogen and oxygen atoms in total. The third-order valence-electron chi connectivity index (χ3n) is 3.61. The van der Waals surface area contributed by atoms with Gasteiger partial charge in [0.15, 0.2) is 12.4 Å². The van der Waals surface area contributed by atoms with Crippen LogP contribution in [0.15, 0.2) is 64.4 Å². The summed E-state index contributed by atoms with van der Waals surface area (Å²) >= 11 is 5.84. The van der Waals surface area contributed by atoms with Gasteiger partial charge in [-0.15, -0.1) is 0 Å². The Bertz CT molecular complexity index is 957. The summed E-state index contributed by atoms with van der Waals surface area (Å²) in [7, 11) is 0. The molecule has 0 bridgehead atoms. The number of benzene rings is 2. The summed E-state index contributed by atoms with van der Waals surface area (Å²) in [5, 5.41) is 8.23. The van der Waals surface area contributed by atoms with E-state index in [9.17, 15) is 9.18 Å². The lowest BCUT2D eigenvalue weighted by molar-refractivity contribution is -0.123. The highest BCUT2D eigenvalue weighted by atomic mass is 35.5. The summed E-state index contributed by atoms with van der Waals surface area (Å²) in [5.74, 6) is -0.291. The predicted molar refractivity (Wildman–Crippen MR) is 99.2 cm³/mol. The molecular weight excluding hydrogens is 373 g/mol. The first-order chi connectivity index (χ1) is 13.0. The summed E-state index contributed by atoms with van der Waals surface area (Å²) in [6, 6.07) is 12.5. The molecule has 2 aromatic carbocycles. The summed E-state index contributed by atoms with van der Waals surface area (Å²) in [5.41, 5.74) is 4.22. The van der Waals surface area contributed by atoms with Crippen LogP contribution >= 0.6 is 11.6 Å². The minimum Gasteiger partial charge on any atom is -0.483 e. The van der Waals surface area contributed by atoms with Crippen LogP contribution in [-0.4, -0.2) is 23.4 Å². The van der Waals surface area contributed by atoms with Crippen LogP contribution in [0, 0.1) is 5.82 Å². The number of rotatable bonds is 6. The second-order valence-electron chi connectivity index (χ2n) is 5.54. The Balaban J connectivity index is 1.63. The molecule has 27 heavy (non-hydrogen) atoms. The second kappa shape index (κ2) is 8.46. The zero-order valence-electron chi connectivity index (χ0n) is 14.3. The quantitative estimate of drug-likeness (QED) is 0.511. The average Bonchev–Trinajstić information content (AvgIpc) is 3.20. The molecular formula is C19H15ClFN3O3. The van der Waals surface area contributed by atoms with Crippen molar-refractivity contribution < 1.29 is 18.4 Å². The molecule has 3 aromatic rings. The fraction of sp³-hybridized carbons (Fsp3) is 0.105. The molecule has 0 radical (unpaired) electrons. The minimum atomic E-state index is -0.462. The van der Waals surface area contributed by atoms with Gasteiger partial charge in [-0.3, -0.25) is 4.79 Å². The monoisotopic (exact) mass is 387 g/mol. The van der Waals surface area contributed by atoms with E-state index in [4.69, 9.17) is 20.9 Å². The van der Waals surface area contributed by atoms with Gasteiger partial charge in [0.05, 0.1) is 17.5 Å². The number of carbonyl (C=O) groups excluding carboxylic acids is 1. The normalized spacial score (nSPS) is 11.3. The number of carbonyl (C=O) groups is 1. The Labute approximate surface area is 159 Å². The first kappa shape index (κ1) is 18.6. The molecule has 0 saturated heterocycles. The maximum absolute atomic E-state index is 13.5. The standard InChI is InChI=1S/C19H15ClFN3O3/c1-12(13-2-4-14(20)5-3-13)23-24-19(25)11-26-17-7-6-15(21)10-16(17)18-8-9-22-27-18/h2-10H,11H2,1H3,(H,24,25)/b23-12+. The van der Waals surface area contributed by atoms with E-state index in [2.05, 4.69) is 15.7 Å². The first-order valence-corrected chi connectivity index (χ1v) is 8.33. The van der Waals surface area contributed by atoms with Crippen molar-refractivity contribution >= 4 is 23.2 Å². The fourth-order valence-corrected chi connectivity index (χ4v) is 2.38. The van der Waals surface area contributed by atoms with E-state index in [-0.39, 0.29) is 6.61 Å². The number of nitrogens with one attached hydrogen (secondary N) is 1. The van der Waals surface area contributed by atoms with Crippen LogP contribution in [-0.2, 0) is 4.79 Å². The van der Waals surface area contributed by atoms with Crippen molar-refractivity contribution in [2.45, 2.75) is 6.92 Å². The molecule has 0 spiro atoms. The molecule has 0 unspecified atom stereocenters.